The molecule has 2 rings (SSSR count). The lowest BCUT2D eigenvalue weighted by Gasteiger charge is -2.22. The Morgan fingerprint density at radius 2 is 2.05 bits per heavy atom. The van der Waals surface area contributed by atoms with Gasteiger partial charge in [-0.1, -0.05) is 22.0 Å². The maximum atomic E-state index is 13.4. The summed E-state index contributed by atoms with van der Waals surface area (Å²) in [5.74, 6) is -0.127. The molecular formula is C16H15BrFNO2. The van der Waals surface area contributed by atoms with Gasteiger partial charge in [0.1, 0.15) is 11.6 Å². The molecule has 0 saturated heterocycles. The van der Waals surface area contributed by atoms with Crippen LogP contribution in [-0.4, -0.2) is 19.6 Å². The van der Waals surface area contributed by atoms with E-state index in [1.165, 1.54) is 24.1 Å². The van der Waals surface area contributed by atoms with Crippen molar-refractivity contribution in [3.8, 4) is 5.75 Å². The monoisotopic (exact) mass is 351 g/mol. The largest absolute Gasteiger partial charge is 0.496 e. The van der Waals surface area contributed by atoms with Crippen molar-refractivity contribution >= 4 is 27.5 Å². The molecule has 0 radical (unpaired) electrons. The number of nitrogens with zero attached hydrogens (tertiary/aromatic N) is 1. The van der Waals surface area contributed by atoms with E-state index >= 15 is 0 Å². The minimum absolute atomic E-state index is 0.229. The van der Waals surface area contributed by atoms with Gasteiger partial charge >= 0.3 is 0 Å². The van der Waals surface area contributed by atoms with Gasteiger partial charge in [0.25, 0.3) is 5.91 Å². The fourth-order valence-corrected chi connectivity index (χ4v) is 2.41. The normalized spacial score (nSPS) is 10.3. The summed E-state index contributed by atoms with van der Waals surface area (Å²) in [5, 5.41) is 0. The predicted octanol–water partition coefficient (Wildman–Crippen LogP) is 4.26. The van der Waals surface area contributed by atoms with E-state index in [1.54, 1.807) is 30.3 Å². The van der Waals surface area contributed by atoms with Crippen LogP contribution in [-0.2, 0) is 0 Å². The van der Waals surface area contributed by atoms with E-state index in [0.29, 0.717) is 23.5 Å². The molecule has 5 heteroatoms. The highest BCUT2D eigenvalue weighted by Crippen LogP contribution is 2.26. The fourth-order valence-electron chi connectivity index (χ4n) is 2.07. The molecule has 0 unspecified atom stereocenters. The summed E-state index contributed by atoms with van der Waals surface area (Å²) < 4.78 is 19.4. The molecule has 2 aromatic rings. The van der Waals surface area contributed by atoms with E-state index in [2.05, 4.69) is 15.9 Å². The first kappa shape index (κ1) is 15.5. The number of anilines is 1. The van der Waals surface area contributed by atoms with Crippen LogP contribution in [0, 0.1) is 5.82 Å². The lowest BCUT2D eigenvalue weighted by atomic mass is 10.1. The van der Waals surface area contributed by atoms with Gasteiger partial charge in [0.2, 0.25) is 0 Å². The van der Waals surface area contributed by atoms with Crippen molar-refractivity contribution in [1.29, 1.82) is 0 Å². The summed E-state index contributed by atoms with van der Waals surface area (Å²) in [4.78, 5) is 14.2. The highest BCUT2D eigenvalue weighted by atomic mass is 79.9. The summed E-state index contributed by atoms with van der Waals surface area (Å²) in [6.45, 7) is 2.27. The first-order chi connectivity index (χ1) is 10.1. The van der Waals surface area contributed by atoms with Crippen LogP contribution in [0.25, 0.3) is 0 Å². The molecule has 110 valence electrons. The second kappa shape index (κ2) is 6.72. The molecule has 0 heterocycles. The van der Waals surface area contributed by atoms with Gasteiger partial charge in [-0.2, -0.15) is 0 Å². The van der Waals surface area contributed by atoms with Gasteiger partial charge < -0.3 is 9.64 Å². The van der Waals surface area contributed by atoms with Crippen molar-refractivity contribution < 1.29 is 13.9 Å². The molecule has 0 atom stereocenters. The quantitative estimate of drug-likeness (QED) is 0.823. The zero-order chi connectivity index (χ0) is 15.4. The smallest absolute Gasteiger partial charge is 0.262 e. The minimum atomic E-state index is -0.374. The van der Waals surface area contributed by atoms with Crippen LogP contribution in [0.15, 0.2) is 46.9 Å². The molecule has 0 saturated carbocycles. The van der Waals surface area contributed by atoms with Gasteiger partial charge in [-0.3, -0.25) is 4.79 Å². The number of hydrogen-bond acceptors (Lipinski definition) is 2. The van der Waals surface area contributed by atoms with Gasteiger partial charge in [0.15, 0.2) is 0 Å². The molecule has 2 aromatic carbocycles. The maximum Gasteiger partial charge on any atom is 0.262 e. The Labute approximate surface area is 131 Å². The van der Waals surface area contributed by atoms with Crippen molar-refractivity contribution in [2.24, 2.45) is 0 Å². The predicted molar refractivity (Wildman–Crippen MR) is 84.4 cm³/mol. The average molecular weight is 352 g/mol. The third-order valence-electron chi connectivity index (χ3n) is 3.08. The molecule has 0 fully saturated rings. The standard InChI is InChI=1S/C16H15BrFNO2/c1-3-19(13-6-4-5-12(18)10-13)16(20)14-8-7-11(17)9-15(14)21-2/h4-10H,3H2,1-2H3. The second-order valence-corrected chi connectivity index (χ2v) is 5.29. The molecule has 0 aromatic heterocycles. The van der Waals surface area contributed by atoms with E-state index in [1.807, 2.05) is 6.92 Å². The van der Waals surface area contributed by atoms with E-state index in [9.17, 15) is 9.18 Å². The lowest BCUT2D eigenvalue weighted by molar-refractivity contribution is 0.0985. The number of carbonyl (C=O) groups excluding carboxylic acids is 1. The van der Waals surface area contributed by atoms with E-state index in [-0.39, 0.29) is 11.7 Å². The van der Waals surface area contributed by atoms with Crippen molar-refractivity contribution in [3.05, 3.63) is 58.3 Å². The second-order valence-electron chi connectivity index (χ2n) is 4.37. The summed E-state index contributed by atoms with van der Waals surface area (Å²) in [5.41, 5.74) is 0.958. The van der Waals surface area contributed by atoms with Gasteiger partial charge in [0.05, 0.1) is 12.7 Å². The topological polar surface area (TPSA) is 29.5 Å². The Hall–Kier alpha value is -1.88. The SMILES string of the molecule is CCN(C(=O)c1ccc(Br)cc1OC)c1cccc(F)c1. The third-order valence-corrected chi connectivity index (χ3v) is 3.57. The van der Waals surface area contributed by atoms with Crippen LogP contribution < -0.4 is 9.64 Å². The van der Waals surface area contributed by atoms with E-state index in [4.69, 9.17) is 4.74 Å². The number of amides is 1. The van der Waals surface area contributed by atoms with Crippen LogP contribution in [0.1, 0.15) is 17.3 Å². The van der Waals surface area contributed by atoms with E-state index in [0.717, 1.165) is 4.47 Å². The van der Waals surface area contributed by atoms with Crippen LogP contribution in [0.3, 0.4) is 0 Å². The number of hydrogen-bond donors (Lipinski definition) is 0. The molecule has 21 heavy (non-hydrogen) atoms. The van der Waals surface area contributed by atoms with Crippen molar-refractivity contribution in [2.45, 2.75) is 6.92 Å². The highest BCUT2D eigenvalue weighted by Gasteiger charge is 2.20. The Morgan fingerprint density at radius 3 is 2.67 bits per heavy atom. The average Bonchev–Trinajstić information content (AvgIpc) is 2.47. The van der Waals surface area contributed by atoms with Gasteiger partial charge in [-0.25, -0.2) is 4.39 Å². The Kier molecular flexibility index (Phi) is 4.96. The van der Waals surface area contributed by atoms with Crippen LogP contribution in [0.4, 0.5) is 10.1 Å². The Morgan fingerprint density at radius 1 is 1.29 bits per heavy atom. The molecule has 1 amide bonds. The number of rotatable bonds is 4. The maximum absolute atomic E-state index is 13.4. The lowest BCUT2D eigenvalue weighted by Crippen LogP contribution is -2.31. The van der Waals surface area contributed by atoms with Gasteiger partial charge in [-0.05, 0) is 43.3 Å². The molecule has 0 aliphatic rings. The van der Waals surface area contributed by atoms with Gasteiger partial charge in [0, 0.05) is 16.7 Å². The molecule has 3 nitrogen and oxygen atoms in total. The first-order valence-corrected chi connectivity index (χ1v) is 7.27. The van der Waals surface area contributed by atoms with Crippen molar-refractivity contribution in [1.82, 2.24) is 0 Å². The van der Waals surface area contributed by atoms with Crippen LogP contribution in [0.2, 0.25) is 0 Å². The summed E-state index contributed by atoms with van der Waals surface area (Å²) in [6.07, 6.45) is 0. The van der Waals surface area contributed by atoms with Crippen LogP contribution in [0.5, 0.6) is 5.75 Å². The summed E-state index contributed by atoms with van der Waals surface area (Å²) in [7, 11) is 1.51. The van der Waals surface area contributed by atoms with Crippen LogP contribution >= 0.6 is 15.9 Å². The summed E-state index contributed by atoms with van der Waals surface area (Å²) in [6, 6.07) is 11.2. The van der Waals surface area contributed by atoms with Crippen molar-refractivity contribution in [2.75, 3.05) is 18.6 Å². The molecule has 0 spiro atoms. The zero-order valence-corrected chi connectivity index (χ0v) is 13.4. The Balaban J connectivity index is 2.41. The summed E-state index contributed by atoms with van der Waals surface area (Å²) >= 11 is 3.34. The van der Waals surface area contributed by atoms with E-state index < -0.39 is 0 Å². The zero-order valence-electron chi connectivity index (χ0n) is 11.8. The minimum Gasteiger partial charge on any atom is -0.496 e. The highest BCUT2D eigenvalue weighted by molar-refractivity contribution is 9.10. The Bertz CT molecular complexity index is 660. The molecule has 0 aliphatic carbocycles. The molecular weight excluding hydrogens is 337 g/mol. The van der Waals surface area contributed by atoms with Gasteiger partial charge in [-0.15, -0.1) is 0 Å². The molecule has 0 N–H and O–H groups in total. The fraction of sp³-hybridized carbons (Fsp3) is 0.188. The third kappa shape index (κ3) is 3.42. The number of carbonyl (C=O) groups is 1. The molecule has 0 aliphatic heterocycles. The first-order valence-electron chi connectivity index (χ1n) is 6.47. The van der Waals surface area contributed by atoms with Crippen molar-refractivity contribution in [3.63, 3.8) is 0 Å². The molecule has 0 bridgehead atoms. The number of halogens is 2. The number of ether oxygens (including phenoxy) is 1. The number of benzene rings is 2. The number of methoxy groups -OCH3 is 1.